The maximum Gasteiger partial charge on any atom is 0.272 e. The van der Waals surface area contributed by atoms with Crippen LogP contribution in [0.3, 0.4) is 0 Å². The van der Waals surface area contributed by atoms with Gasteiger partial charge < -0.3 is 5.73 Å². The third kappa shape index (κ3) is 2.94. The molecule has 0 aliphatic carbocycles. The van der Waals surface area contributed by atoms with Crippen LogP contribution in [0.2, 0.25) is 5.02 Å². The molecule has 0 saturated heterocycles. The quantitative estimate of drug-likeness (QED) is 0.524. The van der Waals surface area contributed by atoms with E-state index in [9.17, 15) is 10.1 Å². The van der Waals surface area contributed by atoms with Crippen molar-refractivity contribution >= 4 is 34.7 Å². The molecule has 0 radical (unpaired) electrons. The van der Waals surface area contributed by atoms with Crippen molar-refractivity contribution in [2.45, 2.75) is 9.79 Å². The molecule has 0 aliphatic rings. The number of hydrogen-bond donors (Lipinski definition) is 1. The molecule has 0 aliphatic heterocycles. The van der Waals surface area contributed by atoms with E-state index >= 15 is 0 Å². The van der Waals surface area contributed by atoms with Gasteiger partial charge in [0.25, 0.3) is 5.69 Å². The first-order valence-electron chi connectivity index (χ1n) is 5.03. The fraction of sp³-hybridized carbons (Fsp3) is 0. The molecular formula is C12H9ClN2O2S. The van der Waals surface area contributed by atoms with E-state index in [1.54, 1.807) is 12.1 Å². The topological polar surface area (TPSA) is 69.2 Å². The van der Waals surface area contributed by atoms with Gasteiger partial charge in [0.05, 0.1) is 9.95 Å². The Morgan fingerprint density at radius 2 is 1.94 bits per heavy atom. The smallest absolute Gasteiger partial charge is 0.272 e. The van der Waals surface area contributed by atoms with Crippen molar-refractivity contribution in [2.75, 3.05) is 5.73 Å². The first-order chi connectivity index (χ1) is 8.56. The summed E-state index contributed by atoms with van der Waals surface area (Å²) in [4.78, 5) is 11.8. The lowest BCUT2D eigenvalue weighted by Gasteiger charge is -2.04. The molecule has 92 valence electrons. The highest BCUT2D eigenvalue weighted by atomic mass is 35.5. The van der Waals surface area contributed by atoms with Gasteiger partial charge in [0.2, 0.25) is 0 Å². The van der Waals surface area contributed by atoms with Gasteiger partial charge in [0, 0.05) is 27.6 Å². The van der Waals surface area contributed by atoms with Gasteiger partial charge >= 0.3 is 0 Å². The number of hydrogen-bond acceptors (Lipinski definition) is 4. The molecule has 0 heterocycles. The van der Waals surface area contributed by atoms with E-state index in [0.717, 1.165) is 4.90 Å². The third-order valence-electron chi connectivity index (χ3n) is 2.19. The molecule has 0 atom stereocenters. The second-order valence-corrected chi connectivity index (χ2v) is 5.07. The number of nitro benzene ring substituents is 1. The van der Waals surface area contributed by atoms with E-state index in [4.69, 9.17) is 17.3 Å². The number of nitrogens with two attached hydrogens (primary N) is 1. The molecule has 2 aromatic carbocycles. The van der Waals surface area contributed by atoms with Crippen LogP contribution >= 0.6 is 23.4 Å². The van der Waals surface area contributed by atoms with Gasteiger partial charge in [-0.05, 0) is 18.2 Å². The average molecular weight is 281 g/mol. The number of nitrogen functional groups attached to an aromatic ring is 1. The Balaban J connectivity index is 2.35. The highest BCUT2D eigenvalue weighted by molar-refractivity contribution is 7.99. The summed E-state index contributed by atoms with van der Waals surface area (Å²) in [6.45, 7) is 0. The molecule has 0 unspecified atom stereocenters. The van der Waals surface area contributed by atoms with Gasteiger partial charge in [-0.15, -0.1) is 0 Å². The number of halogens is 1. The summed E-state index contributed by atoms with van der Waals surface area (Å²) in [5.41, 5.74) is 5.97. The van der Waals surface area contributed by atoms with Crippen LogP contribution in [0.5, 0.6) is 0 Å². The highest BCUT2D eigenvalue weighted by Gasteiger charge is 2.10. The molecule has 0 aromatic heterocycles. The highest BCUT2D eigenvalue weighted by Crippen LogP contribution is 2.35. The summed E-state index contributed by atoms with van der Waals surface area (Å²) in [6, 6.07) is 11.8. The summed E-state index contributed by atoms with van der Waals surface area (Å²) in [5.74, 6) is 0. The van der Waals surface area contributed by atoms with Gasteiger partial charge in [-0.1, -0.05) is 35.5 Å². The largest absolute Gasteiger partial charge is 0.398 e. The number of nitrogens with zero attached hydrogens (tertiary/aromatic N) is 1. The molecule has 0 fully saturated rings. The Hall–Kier alpha value is -1.72. The molecule has 0 saturated carbocycles. The van der Waals surface area contributed by atoms with Crippen molar-refractivity contribution in [1.82, 2.24) is 0 Å². The molecule has 4 nitrogen and oxygen atoms in total. The summed E-state index contributed by atoms with van der Waals surface area (Å²) in [6.07, 6.45) is 0. The summed E-state index contributed by atoms with van der Waals surface area (Å²) >= 11 is 7.37. The van der Waals surface area contributed by atoms with Crippen LogP contribution < -0.4 is 5.73 Å². The van der Waals surface area contributed by atoms with E-state index in [1.165, 1.54) is 23.9 Å². The van der Waals surface area contributed by atoms with Crippen LogP contribution in [0.25, 0.3) is 0 Å². The molecule has 6 heteroatoms. The van der Waals surface area contributed by atoms with Crippen LogP contribution in [0.15, 0.2) is 52.3 Å². The monoisotopic (exact) mass is 280 g/mol. The van der Waals surface area contributed by atoms with Crippen molar-refractivity contribution in [3.8, 4) is 0 Å². The SMILES string of the molecule is Nc1cc(Sc2ccccc2Cl)cc([N+](=O)[O-])c1. The summed E-state index contributed by atoms with van der Waals surface area (Å²) in [5, 5.41) is 11.3. The number of nitro groups is 1. The minimum absolute atomic E-state index is 0.0236. The standard InChI is InChI=1S/C12H9ClN2O2S/c13-11-3-1-2-4-12(11)18-10-6-8(14)5-9(7-10)15(16)17/h1-7H,14H2. The van der Waals surface area contributed by atoms with E-state index in [2.05, 4.69) is 0 Å². The molecule has 0 spiro atoms. The zero-order chi connectivity index (χ0) is 13.1. The van der Waals surface area contributed by atoms with Crippen LogP contribution in [0.1, 0.15) is 0 Å². The first kappa shape index (κ1) is 12.7. The minimum Gasteiger partial charge on any atom is -0.398 e. The molecular weight excluding hydrogens is 272 g/mol. The number of non-ortho nitro benzene ring substituents is 1. The maximum atomic E-state index is 10.7. The Bertz CT molecular complexity index is 604. The van der Waals surface area contributed by atoms with Crippen molar-refractivity contribution in [1.29, 1.82) is 0 Å². The van der Waals surface area contributed by atoms with Crippen molar-refractivity contribution in [2.24, 2.45) is 0 Å². The number of rotatable bonds is 3. The van der Waals surface area contributed by atoms with Gasteiger partial charge in [-0.25, -0.2) is 0 Å². The fourth-order valence-corrected chi connectivity index (χ4v) is 2.62. The number of benzene rings is 2. The molecule has 2 N–H and O–H groups in total. The Morgan fingerprint density at radius 1 is 1.22 bits per heavy atom. The lowest BCUT2D eigenvalue weighted by atomic mass is 10.3. The molecule has 0 amide bonds. The van der Waals surface area contributed by atoms with Crippen LogP contribution in [-0.4, -0.2) is 4.92 Å². The van der Waals surface area contributed by atoms with Crippen molar-refractivity contribution < 1.29 is 4.92 Å². The fourth-order valence-electron chi connectivity index (χ4n) is 1.42. The lowest BCUT2D eigenvalue weighted by molar-refractivity contribution is -0.385. The normalized spacial score (nSPS) is 10.3. The van der Waals surface area contributed by atoms with Crippen molar-refractivity contribution in [3.05, 3.63) is 57.6 Å². The molecule has 0 bridgehead atoms. The van der Waals surface area contributed by atoms with Gasteiger partial charge in [-0.3, -0.25) is 10.1 Å². The van der Waals surface area contributed by atoms with E-state index in [-0.39, 0.29) is 5.69 Å². The Morgan fingerprint density at radius 3 is 2.61 bits per heavy atom. The van der Waals surface area contributed by atoms with Crippen LogP contribution in [-0.2, 0) is 0 Å². The van der Waals surface area contributed by atoms with E-state index < -0.39 is 4.92 Å². The Labute approximate surface area is 113 Å². The van der Waals surface area contributed by atoms with Crippen LogP contribution in [0.4, 0.5) is 11.4 Å². The van der Waals surface area contributed by atoms with E-state index in [1.807, 2.05) is 18.2 Å². The summed E-state index contributed by atoms with van der Waals surface area (Å²) in [7, 11) is 0. The van der Waals surface area contributed by atoms with Gasteiger partial charge in [-0.2, -0.15) is 0 Å². The molecule has 2 rings (SSSR count). The van der Waals surface area contributed by atoms with Crippen LogP contribution in [0, 0.1) is 10.1 Å². The second kappa shape index (κ2) is 5.29. The molecule has 18 heavy (non-hydrogen) atoms. The average Bonchev–Trinajstić information content (AvgIpc) is 2.31. The maximum absolute atomic E-state index is 10.7. The predicted octanol–water partition coefficient (Wildman–Crippen LogP) is 3.98. The van der Waals surface area contributed by atoms with Gasteiger partial charge in [0.15, 0.2) is 0 Å². The Kier molecular flexibility index (Phi) is 3.74. The molecule has 2 aromatic rings. The minimum atomic E-state index is -0.465. The third-order valence-corrected chi connectivity index (χ3v) is 3.68. The lowest BCUT2D eigenvalue weighted by Crippen LogP contribution is -1.92. The second-order valence-electron chi connectivity index (χ2n) is 3.55. The predicted molar refractivity (Wildman–Crippen MR) is 73.1 cm³/mol. The number of anilines is 1. The van der Waals surface area contributed by atoms with E-state index in [0.29, 0.717) is 15.6 Å². The zero-order valence-electron chi connectivity index (χ0n) is 9.17. The summed E-state index contributed by atoms with van der Waals surface area (Å²) < 4.78 is 0. The first-order valence-corrected chi connectivity index (χ1v) is 6.23. The van der Waals surface area contributed by atoms with Gasteiger partial charge in [0.1, 0.15) is 0 Å². The van der Waals surface area contributed by atoms with Crippen molar-refractivity contribution in [3.63, 3.8) is 0 Å². The zero-order valence-corrected chi connectivity index (χ0v) is 10.7.